The van der Waals surface area contributed by atoms with Gasteiger partial charge in [0.15, 0.2) is 0 Å². The molecule has 0 aromatic heterocycles. The lowest BCUT2D eigenvalue weighted by atomic mass is 9.86. The minimum atomic E-state index is -2.87. The van der Waals surface area contributed by atoms with Crippen LogP contribution in [0.1, 0.15) is 37.7 Å². The van der Waals surface area contributed by atoms with E-state index in [1.165, 1.54) is 11.8 Å². The number of imide groups is 1. The topological polar surface area (TPSA) is 90.5 Å². The summed E-state index contributed by atoms with van der Waals surface area (Å²) in [6.07, 6.45) is 0.648. The van der Waals surface area contributed by atoms with E-state index in [1.54, 1.807) is 25.2 Å². The molecule has 2 aliphatic rings. The van der Waals surface area contributed by atoms with Crippen molar-refractivity contribution in [3.8, 4) is 0 Å². The highest BCUT2D eigenvalue weighted by Gasteiger charge is 2.43. The fraction of sp³-hybridized carbons (Fsp3) is 0.526. The number of hydrogen-bond acceptors (Lipinski definition) is 5. The van der Waals surface area contributed by atoms with Gasteiger partial charge in [-0.2, -0.15) is 0 Å². The highest BCUT2D eigenvalue weighted by Crippen LogP contribution is 2.41. The van der Waals surface area contributed by atoms with Crippen LogP contribution in [0.3, 0.4) is 0 Å². The molecule has 1 aromatic carbocycles. The Bertz CT molecular complexity index is 799. The van der Waals surface area contributed by atoms with E-state index in [-0.39, 0.29) is 31.2 Å². The first kappa shape index (κ1) is 20.2. The van der Waals surface area contributed by atoms with Crippen LogP contribution < -0.4 is 20.9 Å². The third-order valence-electron chi connectivity index (χ3n) is 5.29. The lowest BCUT2D eigenvalue weighted by Crippen LogP contribution is -2.54. The van der Waals surface area contributed by atoms with E-state index in [0.29, 0.717) is 29.9 Å². The summed E-state index contributed by atoms with van der Waals surface area (Å²) in [5.41, 5.74) is 1.38. The molecule has 0 saturated carbocycles. The van der Waals surface area contributed by atoms with E-state index < -0.39 is 23.8 Å². The SMILES string of the molecule is CNc1cc(C2CCNCC2(F)F)ccc1N(C(C)=O)C1CCC(=O)NC1=O. The Hall–Kier alpha value is -2.55. The van der Waals surface area contributed by atoms with Gasteiger partial charge in [0.05, 0.1) is 23.8 Å². The molecule has 3 amide bonds. The molecular weight excluding hydrogens is 370 g/mol. The van der Waals surface area contributed by atoms with Crippen LogP contribution in [0.25, 0.3) is 0 Å². The molecule has 0 radical (unpaired) electrons. The number of anilines is 2. The molecule has 2 fully saturated rings. The molecule has 2 atom stereocenters. The van der Waals surface area contributed by atoms with Crippen LogP contribution in [0.2, 0.25) is 0 Å². The molecule has 3 N–H and O–H groups in total. The quantitative estimate of drug-likeness (QED) is 0.675. The second-order valence-corrected chi connectivity index (χ2v) is 7.16. The first-order valence-electron chi connectivity index (χ1n) is 9.28. The number of benzene rings is 1. The Kier molecular flexibility index (Phi) is 5.64. The smallest absolute Gasteiger partial charge is 0.267 e. The molecule has 1 aromatic rings. The van der Waals surface area contributed by atoms with Gasteiger partial charge in [-0.3, -0.25) is 24.6 Å². The molecule has 0 aliphatic carbocycles. The summed E-state index contributed by atoms with van der Waals surface area (Å²) in [5, 5.41) is 7.90. The van der Waals surface area contributed by atoms with Gasteiger partial charge >= 0.3 is 0 Å². The number of nitrogens with zero attached hydrogens (tertiary/aromatic N) is 1. The summed E-state index contributed by atoms with van der Waals surface area (Å²) in [6, 6.07) is 3.96. The average molecular weight is 394 g/mol. The van der Waals surface area contributed by atoms with Crippen LogP contribution in [0, 0.1) is 0 Å². The van der Waals surface area contributed by atoms with Crippen molar-refractivity contribution in [1.29, 1.82) is 0 Å². The van der Waals surface area contributed by atoms with Gasteiger partial charge in [0.25, 0.3) is 5.92 Å². The van der Waals surface area contributed by atoms with Gasteiger partial charge in [-0.05, 0) is 37.1 Å². The molecule has 2 heterocycles. The highest BCUT2D eigenvalue weighted by molar-refractivity contribution is 6.07. The predicted octanol–water partition coefficient (Wildman–Crippen LogP) is 1.60. The van der Waals surface area contributed by atoms with E-state index in [2.05, 4.69) is 16.0 Å². The predicted molar refractivity (Wildman–Crippen MR) is 100 cm³/mol. The number of nitrogens with one attached hydrogen (secondary N) is 3. The maximum atomic E-state index is 14.3. The number of carbonyl (C=O) groups is 3. The second-order valence-electron chi connectivity index (χ2n) is 7.16. The third kappa shape index (κ3) is 3.84. The maximum absolute atomic E-state index is 14.3. The first-order valence-corrected chi connectivity index (χ1v) is 9.28. The van der Waals surface area contributed by atoms with Crippen molar-refractivity contribution in [3.63, 3.8) is 0 Å². The Morgan fingerprint density at radius 2 is 2.04 bits per heavy atom. The van der Waals surface area contributed by atoms with Crippen LogP contribution in [-0.4, -0.2) is 49.8 Å². The van der Waals surface area contributed by atoms with E-state index >= 15 is 0 Å². The van der Waals surface area contributed by atoms with Gasteiger partial charge in [0.1, 0.15) is 6.04 Å². The summed E-state index contributed by atoms with van der Waals surface area (Å²) in [7, 11) is 1.63. The zero-order valence-electron chi connectivity index (χ0n) is 15.9. The lowest BCUT2D eigenvalue weighted by molar-refractivity contribution is -0.135. The normalized spacial score (nSPS) is 24.4. The minimum Gasteiger partial charge on any atom is -0.386 e. The van der Waals surface area contributed by atoms with E-state index in [0.717, 1.165) is 0 Å². The largest absolute Gasteiger partial charge is 0.386 e. The van der Waals surface area contributed by atoms with Crippen molar-refractivity contribution in [2.75, 3.05) is 30.4 Å². The van der Waals surface area contributed by atoms with Crippen molar-refractivity contribution in [2.24, 2.45) is 0 Å². The Morgan fingerprint density at radius 3 is 2.64 bits per heavy atom. The Balaban J connectivity index is 1.97. The van der Waals surface area contributed by atoms with Crippen LogP contribution in [0.15, 0.2) is 18.2 Å². The third-order valence-corrected chi connectivity index (χ3v) is 5.29. The minimum absolute atomic E-state index is 0.133. The number of halogens is 2. The summed E-state index contributed by atoms with van der Waals surface area (Å²) in [4.78, 5) is 37.3. The first-order chi connectivity index (χ1) is 13.2. The molecular formula is C19H24F2N4O3. The van der Waals surface area contributed by atoms with E-state index in [4.69, 9.17) is 0 Å². The highest BCUT2D eigenvalue weighted by atomic mass is 19.3. The monoisotopic (exact) mass is 394 g/mol. The van der Waals surface area contributed by atoms with Gasteiger partial charge in [-0.25, -0.2) is 8.78 Å². The van der Waals surface area contributed by atoms with E-state index in [1.807, 2.05) is 0 Å². The Labute approximate surface area is 161 Å². The van der Waals surface area contributed by atoms with Gasteiger partial charge < -0.3 is 10.6 Å². The fourth-order valence-corrected chi connectivity index (χ4v) is 3.91. The summed E-state index contributed by atoms with van der Waals surface area (Å²) in [5.74, 6) is -5.07. The molecule has 28 heavy (non-hydrogen) atoms. The number of hydrogen-bond donors (Lipinski definition) is 3. The van der Waals surface area contributed by atoms with E-state index in [9.17, 15) is 23.2 Å². The van der Waals surface area contributed by atoms with Crippen molar-refractivity contribution in [1.82, 2.24) is 10.6 Å². The van der Waals surface area contributed by atoms with Gasteiger partial charge in [0.2, 0.25) is 17.7 Å². The zero-order chi connectivity index (χ0) is 20.5. The summed E-state index contributed by atoms with van der Waals surface area (Å²) < 4.78 is 28.6. The average Bonchev–Trinajstić information content (AvgIpc) is 2.63. The van der Waals surface area contributed by atoms with Crippen LogP contribution >= 0.6 is 0 Å². The molecule has 0 spiro atoms. The lowest BCUT2D eigenvalue weighted by Gasteiger charge is -2.35. The van der Waals surface area contributed by atoms with Crippen molar-refractivity contribution in [2.45, 2.75) is 44.1 Å². The van der Waals surface area contributed by atoms with Crippen molar-refractivity contribution in [3.05, 3.63) is 23.8 Å². The number of rotatable bonds is 4. The standard InChI is InChI=1S/C19H24F2N4O3/c1-11(26)25(16-5-6-17(27)24-18(16)28)15-4-3-12(9-14(15)22-2)13-7-8-23-10-19(13,20)21/h3-4,9,13,16,22-23H,5-8,10H2,1-2H3,(H,24,27,28). The molecule has 2 saturated heterocycles. The van der Waals surface area contributed by atoms with Gasteiger partial charge in [-0.15, -0.1) is 0 Å². The zero-order valence-corrected chi connectivity index (χ0v) is 15.9. The van der Waals surface area contributed by atoms with Crippen molar-refractivity contribution >= 4 is 29.1 Å². The molecule has 152 valence electrons. The van der Waals surface area contributed by atoms with Gasteiger partial charge in [0, 0.05) is 20.4 Å². The molecule has 2 aliphatic heterocycles. The number of alkyl halides is 2. The van der Waals surface area contributed by atoms with Crippen LogP contribution in [-0.2, 0) is 14.4 Å². The molecule has 2 unspecified atom stereocenters. The van der Waals surface area contributed by atoms with Crippen LogP contribution in [0.4, 0.5) is 20.2 Å². The second kappa shape index (κ2) is 7.83. The van der Waals surface area contributed by atoms with Gasteiger partial charge in [-0.1, -0.05) is 6.07 Å². The molecule has 7 nitrogen and oxygen atoms in total. The number of piperidine rings is 2. The number of carbonyl (C=O) groups excluding carboxylic acids is 3. The van der Waals surface area contributed by atoms with Crippen molar-refractivity contribution < 1.29 is 23.2 Å². The summed E-state index contributed by atoms with van der Waals surface area (Å²) >= 11 is 0. The molecule has 0 bridgehead atoms. The molecule has 9 heteroatoms. The number of amides is 3. The van der Waals surface area contributed by atoms with Crippen LogP contribution in [0.5, 0.6) is 0 Å². The fourth-order valence-electron chi connectivity index (χ4n) is 3.91. The maximum Gasteiger partial charge on any atom is 0.267 e. The molecule has 3 rings (SSSR count). The summed E-state index contributed by atoms with van der Waals surface area (Å²) in [6.45, 7) is 1.47. The Morgan fingerprint density at radius 1 is 1.29 bits per heavy atom.